The van der Waals surface area contributed by atoms with Crippen LogP contribution < -0.4 is 10.2 Å². The predicted octanol–water partition coefficient (Wildman–Crippen LogP) is 6.35. The molecule has 3 rings (SSSR count). The van der Waals surface area contributed by atoms with Gasteiger partial charge < -0.3 is 10.2 Å². The second-order valence-electron chi connectivity index (χ2n) is 5.75. The quantitative estimate of drug-likeness (QED) is 0.357. The van der Waals surface area contributed by atoms with Crippen LogP contribution in [0.25, 0.3) is 0 Å². The highest BCUT2D eigenvalue weighted by Crippen LogP contribution is 2.24. The van der Waals surface area contributed by atoms with E-state index in [1.807, 2.05) is 54.6 Å². The maximum atomic E-state index is 6.20. The van der Waals surface area contributed by atoms with Crippen LogP contribution in [0.2, 0.25) is 15.1 Å². The minimum atomic E-state index is 0.341. The van der Waals surface area contributed by atoms with Crippen LogP contribution >= 0.6 is 34.8 Å². The molecule has 0 aliphatic carbocycles. The zero-order valence-electron chi connectivity index (χ0n) is 14.3. The van der Waals surface area contributed by atoms with Crippen LogP contribution in [0.4, 0.5) is 0 Å². The number of para-hydroxylation sites is 1. The number of rotatable bonds is 7. The summed E-state index contributed by atoms with van der Waals surface area (Å²) in [4.78, 5) is 0. The molecule has 0 unspecified atom stereocenters. The van der Waals surface area contributed by atoms with Gasteiger partial charge in [0.2, 0.25) is 0 Å². The van der Waals surface area contributed by atoms with Crippen LogP contribution in [0, 0.1) is 0 Å². The summed E-state index contributed by atoms with van der Waals surface area (Å²) in [6.45, 7) is 0.882. The summed E-state index contributed by atoms with van der Waals surface area (Å²) < 4.78 is 5.91. The topological polar surface area (TPSA) is 33.6 Å². The molecule has 27 heavy (non-hydrogen) atoms. The van der Waals surface area contributed by atoms with Gasteiger partial charge in [-0.3, -0.25) is 0 Å². The standard InChI is InChI=1S/C21H17Cl3N2O/c22-18-10-9-17(20(24)11-18)14-27-21-8-4-2-6-16(21)13-26-25-12-15-5-1-3-7-19(15)23/h1-11,13,25H,12,14H2/b26-13-. The smallest absolute Gasteiger partial charge is 0.128 e. The molecule has 0 aliphatic rings. The molecule has 0 saturated carbocycles. The van der Waals surface area contributed by atoms with E-state index in [0.29, 0.717) is 34.0 Å². The van der Waals surface area contributed by atoms with Crippen molar-refractivity contribution in [2.45, 2.75) is 13.2 Å². The van der Waals surface area contributed by atoms with Gasteiger partial charge in [0.25, 0.3) is 0 Å². The Balaban J connectivity index is 1.62. The molecule has 3 nitrogen and oxygen atoms in total. The Labute approximate surface area is 173 Å². The summed E-state index contributed by atoms with van der Waals surface area (Å²) >= 11 is 18.3. The lowest BCUT2D eigenvalue weighted by molar-refractivity contribution is 0.306. The van der Waals surface area contributed by atoms with E-state index < -0.39 is 0 Å². The molecule has 0 atom stereocenters. The zero-order valence-corrected chi connectivity index (χ0v) is 16.6. The van der Waals surface area contributed by atoms with E-state index in [1.165, 1.54) is 0 Å². The van der Waals surface area contributed by atoms with Gasteiger partial charge in [-0.2, -0.15) is 5.10 Å². The summed E-state index contributed by atoms with van der Waals surface area (Å²) in [5.41, 5.74) is 5.71. The van der Waals surface area contributed by atoms with Crippen molar-refractivity contribution in [1.29, 1.82) is 0 Å². The third-order valence-corrected chi connectivity index (χ3v) is 4.80. The van der Waals surface area contributed by atoms with E-state index in [9.17, 15) is 0 Å². The fraction of sp³-hybridized carbons (Fsp3) is 0.0952. The minimum Gasteiger partial charge on any atom is -0.488 e. The number of nitrogens with zero attached hydrogens (tertiary/aromatic N) is 1. The SMILES string of the molecule is Clc1ccc(COc2ccccc2/C=N\NCc2ccccc2Cl)c(Cl)c1. The Kier molecular flexibility index (Phi) is 6.99. The Morgan fingerprint density at radius 2 is 1.63 bits per heavy atom. The molecule has 0 aliphatic heterocycles. The summed E-state index contributed by atoms with van der Waals surface area (Å²) in [7, 11) is 0. The van der Waals surface area contributed by atoms with Gasteiger partial charge in [0, 0.05) is 26.2 Å². The maximum Gasteiger partial charge on any atom is 0.128 e. The van der Waals surface area contributed by atoms with Crippen molar-refractivity contribution in [2.75, 3.05) is 0 Å². The monoisotopic (exact) mass is 418 g/mol. The van der Waals surface area contributed by atoms with Crippen molar-refractivity contribution in [2.24, 2.45) is 5.10 Å². The predicted molar refractivity (Wildman–Crippen MR) is 113 cm³/mol. The molecule has 0 fully saturated rings. The second kappa shape index (κ2) is 9.65. The number of nitrogens with one attached hydrogen (secondary N) is 1. The average molecular weight is 420 g/mol. The molecular formula is C21H17Cl3N2O. The normalized spacial score (nSPS) is 10.9. The molecule has 0 bridgehead atoms. The van der Waals surface area contributed by atoms with Gasteiger partial charge in [0.15, 0.2) is 0 Å². The van der Waals surface area contributed by atoms with E-state index in [-0.39, 0.29) is 0 Å². The maximum absolute atomic E-state index is 6.20. The second-order valence-corrected chi connectivity index (χ2v) is 7.00. The first-order valence-electron chi connectivity index (χ1n) is 8.28. The fourth-order valence-corrected chi connectivity index (χ4v) is 3.07. The Hall–Kier alpha value is -2.20. The van der Waals surface area contributed by atoms with Crippen LogP contribution in [-0.2, 0) is 13.2 Å². The van der Waals surface area contributed by atoms with E-state index >= 15 is 0 Å². The first kappa shape index (κ1) is 19.6. The minimum absolute atomic E-state index is 0.341. The molecule has 0 spiro atoms. The van der Waals surface area contributed by atoms with Crippen LogP contribution in [-0.4, -0.2) is 6.21 Å². The van der Waals surface area contributed by atoms with Crippen molar-refractivity contribution in [3.05, 3.63) is 98.5 Å². The molecule has 3 aromatic rings. The first-order valence-corrected chi connectivity index (χ1v) is 9.42. The largest absolute Gasteiger partial charge is 0.488 e. The molecule has 1 N–H and O–H groups in total. The molecule has 6 heteroatoms. The molecule has 138 valence electrons. The van der Waals surface area contributed by atoms with Crippen LogP contribution in [0.5, 0.6) is 5.75 Å². The number of hydrogen-bond acceptors (Lipinski definition) is 3. The number of hydrazone groups is 1. The Morgan fingerprint density at radius 1 is 0.852 bits per heavy atom. The molecule has 0 heterocycles. The van der Waals surface area contributed by atoms with Crippen LogP contribution in [0.15, 0.2) is 71.8 Å². The van der Waals surface area contributed by atoms with E-state index in [4.69, 9.17) is 39.5 Å². The highest BCUT2D eigenvalue weighted by molar-refractivity contribution is 6.35. The summed E-state index contributed by atoms with van der Waals surface area (Å²) in [6.07, 6.45) is 1.72. The number of halogens is 3. The van der Waals surface area contributed by atoms with Crippen molar-refractivity contribution < 1.29 is 4.74 Å². The van der Waals surface area contributed by atoms with Crippen molar-refractivity contribution in [3.63, 3.8) is 0 Å². The van der Waals surface area contributed by atoms with Gasteiger partial charge in [-0.15, -0.1) is 0 Å². The summed E-state index contributed by atoms with van der Waals surface area (Å²) in [5.74, 6) is 0.715. The molecule has 0 radical (unpaired) electrons. The highest BCUT2D eigenvalue weighted by Gasteiger charge is 2.05. The third kappa shape index (κ3) is 5.64. The average Bonchev–Trinajstić information content (AvgIpc) is 2.67. The highest BCUT2D eigenvalue weighted by atomic mass is 35.5. The van der Waals surface area contributed by atoms with Crippen molar-refractivity contribution >= 4 is 41.0 Å². The Morgan fingerprint density at radius 3 is 2.44 bits per heavy atom. The first-order chi connectivity index (χ1) is 13.1. The van der Waals surface area contributed by atoms with E-state index in [0.717, 1.165) is 16.7 Å². The molecule has 3 aromatic carbocycles. The van der Waals surface area contributed by atoms with Crippen LogP contribution in [0.3, 0.4) is 0 Å². The van der Waals surface area contributed by atoms with Crippen molar-refractivity contribution in [1.82, 2.24) is 5.43 Å². The molecular weight excluding hydrogens is 403 g/mol. The summed E-state index contributed by atoms with van der Waals surface area (Å²) in [5, 5.41) is 6.15. The van der Waals surface area contributed by atoms with Gasteiger partial charge in [0.05, 0.1) is 12.8 Å². The number of ether oxygens (including phenoxy) is 1. The van der Waals surface area contributed by atoms with Gasteiger partial charge >= 0.3 is 0 Å². The van der Waals surface area contributed by atoms with Gasteiger partial charge in [0.1, 0.15) is 12.4 Å². The Bertz CT molecular complexity index is 944. The van der Waals surface area contributed by atoms with Crippen LogP contribution in [0.1, 0.15) is 16.7 Å². The lowest BCUT2D eigenvalue weighted by Gasteiger charge is -2.10. The molecule has 0 aromatic heterocycles. The van der Waals surface area contributed by atoms with Crippen molar-refractivity contribution in [3.8, 4) is 5.75 Å². The summed E-state index contributed by atoms with van der Waals surface area (Å²) in [6, 6.07) is 20.7. The lowest BCUT2D eigenvalue weighted by Crippen LogP contribution is -2.06. The third-order valence-electron chi connectivity index (χ3n) is 3.84. The molecule has 0 amide bonds. The number of hydrogen-bond donors (Lipinski definition) is 1. The zero-order chi connectivity index (χ0) is 19.1. The fourth-order valence-electron chi connectivity index (χ4n) is 2.40. The lowest BCUT2D eigenvalue weighted by atomic mass is 10.2. The van der Waals surface area contributed by atoms with E-state index in [2.05, 4.69) is 10.5 Å². The molecule has 0 saturated heterocycles. The van der Waals surface area contributed by atoms with Gasteiger partial charge in [-0.25, -0.2) is 0 Å². The van der Waals surface area contributed by atoms with Gasteiger partial charge in [-0.05, 0) is 35.9 Å². The van der Waals surface area contributed by atoms with Gasteiger partial charge in [-0.1, -0.05) is 71.2 Å². The number of benzene rings is 3. The van der Waals surface area contributed by atoms with E-state index in [1.54, 1.807) is 18.3 Å².